The van der Waals surface area contributed by atoms with Crippen molar-refractivity contribution in [3.8, 4) is 0 Å². The molecule has 0 amide bonds. The largest absolute Gasteiger partial charge is 0.481 e. The van der Waals surface area contributed by atoms with Gasteiger partial charge in [-0.1, -0.05) is 51.9 Å². The lowest BCUT2D eigenvalue weighted by Gasteiger charge is -2.09. The van der Waals surface area contributed by atoms with Crippen LogP contribution in [-0.4, -0.2) is 33.5 Å². The van der Waals surface area contributed by atoms with Crippen molar-refractivity contribution >= 4 is 5.97 Å². The monoisotopic (exact) mass is 274 g/mol. The van der Waals surface area contributed by atoms with Crippen LogP contribution in [0, 0.1) is 0 Å². The Kier molecular flexibility index (Phi) is 12.0. The zero-order valence-corrected chi connectivity index (χ0v) is 12.2. The fourth-order valence-corrected chi connectivity index (χ4v) is 2.25. The molecule has 114 valence electrons. The van der Waals surface area contributed by atoms with E-state index in [2.05, 4.69) is 6.92 Å². The Morgan fingerprint density at radius 2 is 1.32 bits per heavy atom. The molecule has 4 heteroatoms. The van der Waals surface area contributed by atoms with Crippen LogP contribution in [0.4, 0.5) is 0 Å². The van der Waals surface area contributed by atoms with Crippen molar-refractivity contribution < 1.29 is 20.1 Å². The molecule has 0 aromatic rings. The quantitative estimate of drug-likeness (QED) is 0.451. The van der Waals surface area contributed by atoms with E-state index in [1.165, 1.54) is 0 Å². The molecular weight excluding hydrogens is 244 g/mol. The smallest absolute Gasteiger partial charge is 0.305 e. The molecule has 0 heterocycles. The first-order valence-electron chi connectivity index (χ1n) is 7.64. The summed E-state index contributed by atoms with van der Waals surface area (Å²) in [6.07, 6.45) is 8.95. The van der Waals surface area contributed by atoms with Gasteiger partial charge in [0, 0.05) is 0 Å². The number of carboxylic acid groups (broad SMARTS) is 1. The number of aliphatic carboxylic acids is 1. The number of hydrogen-bond acceptors (Lipinski definition) is 3. The second-order valence-corrected chi connectivity index (χ2v) is 5.39. The Labute approximate surface area is 116 Å². The first-order valence-corrected chi connectivity index (χ1v) is 7.64. The number of carboxylic acids is 1. The van der Waals surface area contributed by atoms with Gasteiger partial charge in [0.25, 0.3) is 0 Å². The van der Waals surface area contributed by atoms with E-state index >= 15 is 0 Å². The van der Waals surface area contributed by atoms with Crippen LogP contribution in [0.3, 0.4) is 0 Å². The van der Waals surface area contributed by atoms with Gasteiger partial charge in [-0.3, -0.25) is 4.79 Å². The van der Waals surface area contributed by atoms with Crippen LogP contribution < -0.4 is 0 Å². The molecule has 0 fully saturated rings. The predicted molar refractivity (Wildman–Crippen MR) is 76.1 cm³/mol. The molecule has 0 aromatic carbocycles. The molecule has 0 aliphatic carbocycles. The summed E-state index contributed by atoms with van der Waals surface area (Å²) in [4.78, 5) is 10.3. The Morgan fingerprint density at radius 3 is 1.79 bits per heavy atom. The van der Waals surface area contributed by atoms with Crippen LogP contribution >= 0.6 is 0 Å². The molecule has 19 heavy (non-hydrogen) atoms. The van der Waals surface area contributed by atoms with Crippen LogP contribution in [0.1, 0.15) is 77.6 Å². The second kappa shape index (κ2) is 12.4. The summed E-state index contributed by atoms with van der Waals surface area (Å²) in [5, 5.41) is 27.4. The maximum atomic E-state index is 10.3. The van der Waals surface area contributed by atoms with Gasteiger partial charge in [0.05, 0.1) is 18.6 Å². The highest BCUT2D eigenvalue weighted by molar-refractivity contribution is 5.67. The molecule has 0 unspecified atom stereocenters. The molecule has 0 spiro atoms. The van der Waals surface area contributed by atoms with Crippen molar-refractivity contribution in [1.82, 2.24) is 0 Å². The lowest BCUT2D eigenvalue weighted by Crippen LogP contribution is -2.12. The molecule has 2 atom stereocenters. The van der Waals surface area contributed by atoms with Crippen LogP contribution in [0.15, 0.2) is 0 Å². The van der Waals surface area contributed by atoms with E-state index in [1.807, 2.05) is 0 Å². The standard InChI is InChI=1S/C15H30O4/c1-2-9-13(16)10-7-5-3-4-6-8-11-14(17)12-15(18)19/h13-14,16-17H,2-12H2,1H3,(H,18,19)/t13-,14-/m0/s1. The number of rotatable bonds is 13. The summed E-state index contributed by atoms with van der Waals surface area (Å²) in [6.45, 7) is 2.09. The minimum Gasteiger partial charge on any atom is -0.481 e. The van der Waals surface area contributed by atoms with Gasteiger partial charge < -0.3 is 15.3 Å². The van der Waals surface area contributed by atoms with Gasteiger partial charge in [-0.25, -0.2) is 0 Å². The molecular formula is C15H30O4. The number of aliphatic hydroxyl groups is 2. The highest BCUT2D eigenvalue weighted by Crippen LogP contribution is 2.13. The molecule has 0 bridgehead atoms. The molecule has 0 radical (unpaired) electrons. The third-order valence-electron chi connectivity index (χ3n) is 3.36. The van der Waals surface area contributed by atoms with Crippen molar-refractivity contribution in [2.24, 2.45) is 0 Å². The highest BCUT2D eigenvalue weighted by Gasteiger charge is 2.08. The Hall–Kier alpha value is -0.610. The maximum absolute atomic E-state index is 10.3. The summed E-state index contributed by atoms with van der Waals surface area (Å²) < 4.78 is 0. The minimum atomic E-state index is -0.932. The van der Waals surface area contributed by atoms with E-state index in [4.69, 9.17) is 5.11 Å². The number of unbranched alkanes of at least 4 members (excludes halogenated alkanes) is 5. The van der Waals surface area contributed by atoms with Gasteiger partial charge in [0.2, 0.25) is 0 Å². The lowest BCUT2D eigenvalue weighted by molar-refractivity contribution is -0.139. The summed E-state index contributed by atoms with van der Waals surface area (Å²) in [6, 6.07) is 0. The van der Waals surface area contributed by atoms with E-state index in [1.54, 1.807) is 0 Å². The zero-order valence-electron chi connectivity index (χ0n) is 12.2. The molecule has 3 N–H and O–H groups in total. The van der Waals surface area contributed by atoms with Crippen molar-refractivity contribution in [3.63, 3.8) is 0 Å². The fourth-order valence-electron chi connectivity index (χ4n) is 2.25. The van der Waals surface area contributed by atoms with Gasteiger partial charge in [-0.2, -0.15) is 0 Å². The normalized spacial score (nSPS) is 14.3. The molecule has 0 saturated heterocycles. The van der Waals surface area contributed by atoms with Crippen LogP contribution in [-0.2, 0) is 4.79 Å². The van der Waals surface area contributed by atoms with Gasteiger partial charge in [0.1, 0.15) is 0 Å². The van der Waals surface area contributed by atoms with E-state index in [0.717, 1.165) is 57.8 Å². The molecule has 0 aliphatic heterocycles. The molecule has 4 nitrogen and oxygen atoms in total. The maximum Gasteiger partial charge on any atom is 0.305 e. The predicted octanol–water partition coefficient (Wildman–Crippen LogP) is 3.10. The summed E-state index contributed by atoms with van der Waals surface area (Å²) in [5.41, 5.74) is 0. The van der Waals surface area contributed by atoms with Crippen molar-refractivity contribution in [2.75, 3.05) is 0 Å². The summed E-state index contributed by atoms with van der Waals surface area (Å²) >= 11 is 0. The van der Waals surface area contributed by atoms with Gasteiger partial charge in [-0.05, 0) is 19.3 Å². The van der Waals surface area contributed by atoms with Crippen molar-refractivity contribution in [3.05, 3.63) is 0 Å². The SMILES string of the molecule is CCC[C@H](O)CCCCCCCC[C@H](O)CC(=O)O. The van der Waals surface area contributed by atoms with Gasteiger partial charge in [0.15, 0.2) is 0 Å². The first-order chi connectivity index (χ1) is 9.06. The first kappa shape index (κ1) is 18.4. The highest BCUT2D eigenvalue weighted by atomic mass is 16.4. The Morgan fingerprint density at radius 1 is 0.842 bits per heavy atom. The second-order valence-electron chi connectivity index (χ2n) is 5.39. The third-order valence-corrected chi connectivity index (χ3v) is 3.36. The van der Waals surface area contributed by atoms with Crippen LogP contribution in [0.25, 0.3) is 0 Å². The number of carbonyl (C=O) groups is 1. The molecule has 0 aliphatic rings. The van der Waals surface area contributed by atoms with Gasteiger partial charge >= 0.3 is 5.97 Å². The average Bonchev–Trinajstić information content (AvgIpc) is 2.32. The summed E-state index contributed by atoms with van der Waals surface area (Å²) in [7, 11) is 0. The Bertz CT molecular complexity index is 218. The summed E-state index contributed by atoms with van der Waals surface area (Å²) in [5.74, 6) is -0.932. The van der Waals surface area contributed by atoms with Gasteiger partial charge in [-0.15, -0.1) is 0 Å². The number of aliphatic hydroxyl groups excluding tert-OH is 2. The van der Waals surface area contributed by atoms with Crippen molar-refractivity contribution in [1.29, 1.82) is 0 Å². The lowest BCUT2D eigenvalue weighted by atomic mass is 10.0. The molecule has 0 saturated carbocycles. The third kappa shape index (κ3) is 13.6. The zero-order chi connectivity index (χ0) is 14.5. The molecule has 0 aromatic heterocycles. The van der Waals surface area contributed by atoms with E-state index in [-0.39, 0.29) is 12.5 Å². The average molecular weight is 274 g/mol. The minimum absolute atomic E-state index is 0.129. The van der Waals surface area contributed by atoms with Crippen molar-refractivity contribution in [2.45, 2.75) is 89.8 Å². The van der Waals surface area contributed by atoms with Crippen LogP contribution in [0.5, 0.6) is 0 Å². The van der Waals surface area contributed by atoms with E-state index < -0.39 is 12.1 Å². The van der Waals surface area contributed by atoms with E-state index in [0.29, 0.717) is 6.42 Å². The Balaban J connectivity index is 3.21. The fraction of sp³-hybridized carbons (Fsp3) is 0.933. The topological polar surface area (TPSA) is 77.8 Å². The van der Waals surface area contributed by atoms with Crippen LogP contribution in [0.2, 0.25) is 0 Å². The van der Waals surface area contributed by atoms with E-state index in [9.17, 15) is 15.0 Å². The molecule has 0 rings (SSSR count). The number of hydrogen-bond donors (Lipinski definition) is 3.